The molecule has 7 atom stereocenters. The Kier molecular flexibility index (Phi) is 7.23. The lowest BCUT2D eigenvalue weighted by Gasteiger charge is -2.41. The number of hydrogen-bond acceptors (Lipinski definition) is 7. The van der Waals surface area contributed by atoms with Crippen LogP contribution in [-0.2, 0) is 9.47 Å². The minimum atomic E-state index is -1.43. The van der Waals surface area contributed by atoms with Gasteiger partial charge in [0, 0.05) is 0 Å². The molecule has 152 valence electrons. The predicted molar refractivity (Wildman–Crippen MR) is 95.3 cm³/mol. The third-order valence-corrected chi connectivity index (χ3v) is 5.64. The zero-order valence-electron chi connectivity index (χ0n) is 16.1. The molecule has 5 N–H and O–H groups in total. The van der Waals surface area contributed by atoms with E-state index in [0.29, 0.717) is 12.8 Å². The summed E-state index contributed by atoms with van der Waals surface area (Å²) in [4.78, 5) is 0. The van der Waals surface area contributed by atoms with E-state index in [2.05, 4.69) is 20.8 Å². The van der Waals surface area contributed by atoms with E-state index in [1.165, 1.54) is 11.1 Å². The van der Waals surface area contributed by atoms with Crippen molar-refractivity contribution in [3.63, 3.8) is 0 Å². The van der Waals surface area contributed by atoms with Crippen molar-refractivity contribution < 1.29 is 35.0 Å². The Morgan fingerprint density at radius 3 is 2.38 bits per heavy atom. The Morgan fingerprint density at radius 1 is 1.15 bits per heavy atom. The van der Waals surface area contributed by atoms with E-state index in [4.69, 9.17) is 9.47 Å². The van der Waals surface area contributed by atoms with Crippen molar-refractivity contribution in [2.45, 2.75) is 96.3 Å². The first-order valence-corrected chi connectivity index (χ1v) is 9.40. The highest BCUT2D eigenvalue weighted by Crippen LogP contribution is 2.42. The molecule has 0 aromatic heterocycles. The SMILES string of the molecule is CC1=C(CC[C@H](C)O[C@@H]2O[C@H](CO)[C@@H](O)[C@H](O)[C@H]2O)C(C)(C)C[C@H](O)C1. The van der Waals surface area contributed by atoms with Crippen molar-refractivity contribution in [1.82, 2.24) is 0 Å². The molecule has 1 aliphatic carbocycles. The van der Waals surface area contributed by atoms with Gasteiger partial charge >= 0.3 is 0 Å². The van der Waals surface area contributed by atoms with Gasteiger partial charge in [-0.2, -0.15) is 0 Å². The Hall–Kier alpha value is -0.540. The van der Waals surface area contributed by atoms with Crippen LogP contribution in [0.25, 0.3) is 0 Å². The topological polar surface area (TPSA) is 120 Å². The first-order chi connectivity index (χ1) is 12.1. The molecule has 1 saturated heterocycles. The highest BCUT2D eigenvalue weighted by molar-refractivity contribution is 5.24. The molecular formula is C19H34O7. The van der Waals surface area contributed by atoms with Crippen molar-refractivity contribution >= 4 is 0 Å². The molecule has 0 spiro atoms. The van der Waals surface area contributed by atoms with Gasteiger partial charge in [0.2, 0.25) is 0 Å². The summed E-state index contributed by atoms with van der Waals surface area (Å²) in [7, 11) is 0. The van der Waals surface area contributed by atoms with Crippen molar-refractivity contribution in [1.29, 1.82) is 0 Å². The van der Waals surface area contributed by atoms with Gasteiger partial charge in [-0.3, -0.25) is 0 Å². The van der Waals surface area contributed by atoms with Gasteiger partial charge in [0.1, 0.15) is 24.4 Å². The molecule has 0 saturated carbocycles. The van der Waals surface area contributed by atoms with Gasteiger partial charge in [-0.1, -0.05) is 25.0 Å². The molecule has 0 amide bonds. The molecule has 1 aliphatic heterocycles. The molecular weight excluding hydrogens is 340 g/mol. The monoisotopic (exact) mass is 374 g/mol. The van der Waals surface area contributed by atoms with E-state index in [0.717, 1.165) is 12.8 Å². The second kappa shape index (κ2) is 8.65. The molecule has 1 heterocycles. The second-order valence-electron chi connectivity index (χ2n) is 8.39. The van der Waals surface area contributed by atoms with Crippen LogP contribution < -0.4 is 0 Å². The van der Waals surface area contributed by atoms with Crippen LogP contribution in [0, 0.1) is 5.41 Å². The smallest absolute Gasteiger partial charge is 0.186 e. The first-order valence-electron chi connectivity index (χ1n) is 9.40. The number of hydrogen-bond donors (Lipinski definition) is 5. The second-order valence-corrected chi connectivity index (χ2v) is 8.39. The van der Waals surface area contributed by atoms with E-state index < -0.39 is 37.3 Å². The van der Waals surface area contributed by atoms with Crippen LogP contribution >= 0.6 is 0 Å². The summed E-state index contributed by atoms with van der Waals surface area (Å²) in [6.07, 6.45) is -3.86. The molecule has 26 heavy (non-hydrogen) atoms. The Morgan fingerprint density at radius 2 is 1.81 bits per heavy atom. The molecule has 0 aromatic carbocycles. The van der Waals surface area contributed by atoms with E-state index in [1.54, 1.807) is 0 Å². The molecule has 1 fully saturated rings. The lowest BCUT2D eigenvalue weighted by atomic mass is 9.70. The minimum Gasteiger partial charge on any atom is -0.394 e. The van der Waals surface area contributed by atoms with Crippen molar-refractivity contribution in [2.24, 2.45) is 5.41 Å². The van der Waals surface area contributed by atoms with Crippen LogP contribution in [0.3, 0.4) is 0 Å². The lowest BCUT2D eigenvalue weighted by Crippen LogP contribution is -2.59. The van der Waals surface area contributed by atoms with Gasteiger partial charge in [-0.05, 0) is 44.9 Å². The summed E-state index contributed by atoms with van der Waals surface area (Å²) in [6, 6.07) is 0. The summed E-state index contributed by atoms with van der Waals surface area (Å²) in [6.45, 7) is 7.72. The number of aliphatic hydroxyl groups is 5. The molecule has 0 radical (unpaired) electrons. The molecule has 0 bridgehead atoms. The van der Waals surface area contributed by atoms with E-state index in [9.17, 15) is 25.5 Å². The minimum absolute atomic E-state index is 0.0649. The zero-order valence-corrected chi connectivity index (χ0v) is 16.1. The van der Waals surface area contributed by atoms with Crippen LogP contribution in [0.15, 0.2) is 11.1 Å². The maximum absolute atomic E-state index is 10.1. The summed E-state index contributed by atoms with van der Waals surface area (Å²) in [5.74, 6) is 0. The molecule has 0 aromatic rings. The number of ether oxygens (including phenoxy) is 2. The average Bonchev–Trinajstić information content (AvgIpc) is 2.53. The fourth-order valence-corrected chi connectivity index (χ4v) is 4.21. The van der Waals surface area contributed by atoms with Crippen LogP contribution in [0.4, 0.5) is 0 Å². The number of allylic oxidation sites excluding steroid dienone is 1. The molecule has 7 heteroatoms. The molecule has 0 unspecified atom stereocenters. The maximum Gasteiger partial charge on any atom is 0.186 e. The normalized spacial score (nSPS) is 39.1. The van der Waals surface area contributed by atoms with Crippen LogP contribution in [0.1, 0.15) is 53.4 Å². The maximum atomic E-state index is 10.1. The largest absolute Gasteiger partial charge is 0.394 e. The van der Waals surface area contributed by atoms with Crippen molar-refractivity contribution in [3.05, 3.63) is 11.1 Å². The van der Waals surface area contributed by atoms with Crippen molar-refractivity contribution in [3.8, 4) is 0 Å². The van der Waals surface area contributed by atoms with Gasteiger partial charge in [0.15, 0.2) is 6.29 Å². The van der Waals surface area contributed by atoms with Gasteiger partial charge in [0.05, 0.1) is 18.8 Å². The van der Waals surface area contributed by atoms with Gasteiger partial charge in [-0.25, -0.2) is 0 Å². The predicted octanol–water partition coefficient (Wildman–Crippen LogP) is 0.469. The average molecular weight is 374 g/mol. The van der Waals surface area contributed by atoms with Crippen molar-refractivity contribution in [2.75, 3.05) is 6.61 Å². The van der Waals surface area contributed by atoms with Gasteiger partial charge < -0.3 is 35.0 Å². The van der Waals surface area contributed by atoms with E-state index in [1.807, 2.05) is 6.92 Å². The third kappa shape index (κ3) is 4.84. The van der Waals surface area contributed by atoms with Gasteiger partial charge in [-0.15, -0.1) is 0 Å². The quantitative estimate of drug-likeness (QED) is 0.429. The zero-order chi connectivity index (χ0) is 19.6. The van der Waals surface area contributed by atoms with E-state index >= 15 is 0 Å². The van der Waals surface area contributed by atoms with E-state index in [-0.39, 0.29) is 17.6 Å². The van der Waals surface area contributed by atoms with Crippen LogP contribution in [0.2, 0.25) is 0 Å². The molecule has 2 rings (SSSR count). The molecule has 7 nitrogen and oxygen atoms in total. The first kappa shape index (κ1) is 21.8. The third-order valence-electron chi connectivity index (χ3n) is 5.64. The van der Waals surface area contributed by atoms with Crippen LogP contribution in [0.5, 0.6) is 0 Å². The Labute approximate surface area is 155 Å². The number of aliphatic hydroxyl groups excluding tert-OH is 5. The lowest BCUT2D eigenvalue weighted by molar-refractivity contribution is -0.310. The van der Waals surface area contributed by atoms with Gasteiger partial charge in [0.25, 0.3) is 0 Å². The number of rotatable bonds is 6. The molecule has 2 aliphatic rings. The standard InChI is InChI=1S/C19H34O7/c1-10-7-12(21)8-19(3,4)13(10)6-5-11(2)25-18-17(24)16(23)15(22)14(9-20)26-18/h11-12,14-18,20-24H,5-9H2,1-4H3/t11-,12+,14+,15+,16-,17+,18+/m0/s1. The summed E-state index contributed by atoms with van der Waals surface area (Å²) in [5, 5.41) is 48.9. The fourth-order valence-electron chi connectivity index (χ4n) is 4.21. The summed E-state index contributed by atoms with van der Waals surface area (Å²) >= 11 is 0. The Balaban J connectivity index is 1.94. The fraction of sp³-hybridized carbons (Fsp3) is 0.895. The highest BCUT2D eigenvalue weighted by atomic mass is 16.7. The summed E-state index contributed by atoms with van der Waals surface area (Å²) < 4.78 is 11.1. The van der Waals surface area contributed by atoms with Crippen LogP contribution in [-0.4, -0.2) is 75.1 Å². The Bertz CT molecular complexity index is 502. The summed E-state index contributed by atoms with van der Waals surface area (Å²) in [5.41, 5.74) is 2.48. The highest BCUT2D eigenvalue weighted by Gasteiger charge is 2.44.